The van der Waals surface area contributed by atoms with Crippen molar-refractivity contribution >= 4 is 34.0 Å². The van der Waals surface area contributed by atoms with Crippen molar-refractivity contribution in [1.29, 1.82) is 0 Å². The molecule has 1 saturated heterocycles. The average molecular weight is 465 g/mol. The molecule has 2 fully saturated rings. The second-order valence-corrected chi connectivity index (χ2v) is 8.94. The lowest BCUT2D eigenvalue weighted by Crippen LogP contribution is -2.38. The summed E-state index contributed by atoms with van der Waals surface area (Å²) in [5.41, 5.74) is 1.77. The lowest BCUT2D eigenvalue weighted by Gasteiger charge is -2.37. The predicted molar refractivity (Wildman–Crippen MR) is 117 cm³/mol. The number of para-hydroxylation sites is 1. The van der Waals surface area contributed by atoms with E-state index in [0.29, 0.717) is 12.4 Å². The number of nitrogens with zero attached hydrogens (tertiary/aromatic N) is 2. The molecule has 2 amide bonds. The van der Waals surface area contributed by atoms with E-state index in [1.165, 1.54) is 0 Å². The Morgan fingerprint density at radius 1 is 0.967 bits per heavy atom. The molecule has 30 heavy (non-hydrogen) atoms. The minimum atomic E-state index is -0.248. The molecule has 3 aliphatic carbocycles. The molecule has 2 bridgehead atoms. The third-order valence-corrected chi connectivity index (χ3v) is 6.80. The number of hydrazone groups is 1. The van der Waals surface area contributed by atoms with E-state index in [1.54, 1.807) is 6.21 Å². The van der Waals surface area contributed by atoms with Crippen LogP contribution >= 0.6 is 15.9 Å². The number of imide groups is 1. The van der Waals surface area contributed by atoms with Gasteiger partial charge in [-0.3, -0.25) is 9.59 Å². The van der Waals surface area contributed by atoms with E-state index in [1.807, 2.05) is 48.5 Å². The summed E-state index contributed by atoms with van der Waals surface area (Å²) in [6.07, 6.45) is 7.73. The van der Waals surface area contributed by atoms with Crippen molar-refractivity contribution in [3.63, 3.8) is 0 Å². The van der Waals surface area contributed by atoms with Gasteiger partial charge in [0.25, 0.3) is 11.8 Å². The van der Waals surface area contributed by atoms with Crippen molar-refractivity contribution < 1.29 is 14.3 Å². The van der Waals surface area contributed by atoms with Gasteiger partial charge < -0.3 is 4.74 Å². The molecular formula is C24H21BrN2O3. The summed E-state index contributed by atoms with van der Waals surface area (Å²) >= 11 is 3.43. The number of hydrogen-bond donors (Lipinski definition) is 0. The number of allylic oxidation sites excluding steroid dienone is 2. The van der Waals surface area contributed by atoms with Crippen LogP contribution in [0.2, 0.25) is 0 Å². The van der Waals surface area contributed by atoms with Crippen LogP contribution in [0.1, 0.15) is 24.0 Å². The van der Waals surface area contributed by atoms with Crippen LogP contribution in [0, 0.1) is 23.7 Å². The first-order valence-corrected chi connectivity index (χ1v) is 11.0. The van der Waals surface area contributed by atoms with E-state index >= 15 is 0 Å². The molecular weight excluding hydrogens is 444 g/mol. The standard InChI is InChI=1S/C24H21BrN2O3/c25-19-11-5-15(6-12-19)14-30-20-4-2-1-3-18(20)13-26-27-23(28)21-16-7-8-17(10-9-16)22(21)24(27)29/h1-8,11-13,16-17,21-22H,9-10,14H2/b26-13-/t16-,17-,21-,22+/m0/s1. The lowest BCUT2D eigenvalue weighted by molar-refractivity contribution is -0.140. The highest BCUT2D eigenvalue weighted by Gasteiger charge is 2.56. The summed E-state index contributed by atoms with van der Waals surface area (Å²) < 4.78 is 6.98. The third-order valence-electron chi connectivity index (χ3n) is 6.27. The average Bonchev–Trinajstić information content (AvgIpc) is 3.05. The summed E-state index contributed by atoms with van der Waals surface area (Å²) in [5, 5.41) is 5.38. The normalized spacial score (nSPS) is 27.2. The van der Waals surface area contributed by atoms with Gasteiger partial charge in [-0.2, -0.15) is 10.1 Å². The van der Waals surface area contributed by atoms with E-state index in [-0.39, 0.29) is 35.5 Å². The van der Waals surface area contributed by atoms with Gasteiger partial charge >= 0.3 is 0 Å². The molecule has 6 rings (SSSR count). The second-order valence-electron chi connectivity index (χ2n) is 8.03. The topological polar surface area (TPSA) is 59.0 Å². The molecule has 152 valence electrons. The first-order valence-electron chi connectivity index (χ1n) is 10.2. The molecule has 5 nitrogen and oxygen atoms in total. The molecule has 1 aliphatic heterocycles. The van der Waals surface area contributed by atoms with Gasteiger partial charge in [-0.25, -0.2) is 0 Å². The molecule has 4 aliphatic rings. The molecule has 0 aromatic heterocycles. The fourth-order valence-electron chi connectivity index (χ4n) is 4.75. The molecule has 0 N–H and O–H groups in total. The first-order chi connectivity index (χ1) is 14.6. The van der Waals surface area contributed by atoms with E-state index < -0.39 is 0 Å². The van der Waals surface area contributed by atoms with Gasteiger partial charge in [-0.15, -0.1) is 0 Å². The number of amides is 2. The van der Waals surface area contributed by atoms with E-state index in [9.17, 15) is 9.59 Å². The van der Waals surface area contributed by atoms with Gasteiger partial charge in [0.1, 0.15) is 12.4 Å². The van der Waals surface area contributed by atoms with E-state index in [4.69, 9.17) is 4.74 Å². The Labute approximate surface area is 183 Å². The van der Waals surface area contributed by atoms with Crippen LogP contribution in [0.5, 0.6) is 5.75 Å². The number of rotatable bonds is 5. The van der Waals surface area contributed by atoms with Gasteiger partial charge in [0.15, 0.2) is 0 Å². The number of carbonyl (C=O) groups excluding carboxylic acids is 2. The predicted octanol–water partition coefficient (Wildman–Crippen LogP) is 4.56. The van der Waals surface area contributed by atoms with Crippen LogP contribution in [-0.4, -0.2) is 23.0 Å². The Kier molecular flexibility index (Phi) is 5.03. The molecule has 4 atom stereocenters. The zero-order valence-corrected chi connectivity index (χ0v) is 17.9. The van der Waals surface area contributed by atoms with Gasteiger partial charge in [0.2, 0.25) is 0 Å². The Morgan fingerprint density at radius 3 is 2.23 bits per heavy atom. The number of halogens is 1. The molecule has 2 aromatic carbocycles. The van der Waals surface area contributed by atoms with Gasteiger partial charge in [0.05, 0.1) is 18.1 Å². The Morgan fingerprint density at radius 2 is 1.60 bits per heavy atom. The largest absolute Gasteiger partial charge is 0.488 e. The molecule has 0 spiro atoms. The smallest absolute Gasteiger partial charge is 0.254 e. The number of fused-ring (bicyclic) bond motifs is 1. The summed E-state index contributed by atoms with van der Waals surface area (Å²) in [4.78, 5) is 25.8. The van der Waals surface area contributed by atoms with E-state index in [0.717, 1.165) is 33.5 Å². The summed E-state index contributed by atoms with van der Waals surface area (Å²) in [5.74, 6) is 0.144. The van der Waals surface area contributed by atoms with Crippen LogP contribution in [0.15, 0.2) is 70.3 Å². The molecule has 1 heterocycles. The second kappa shape index (κ2) is 7.84. The highest BCUT2D eigenvalue weighted by molar-refractivity contribution is 9.10. The minimum Gasteiger partial charge on any atom is -0.488 e. The Balaban J connectivity index is 1.33. The third kappa shape index (κ3) is 3.39. The van der Waals surface area contributed by atoms with Crippen LogP contribution in [0.4, 0.5) is 0 Å². The molecule has 0 radical (unpaired) electrons. The van der Waals surface area contributed by atoms with Crippen molar-refractivity contribution in [1.82, 2.24) is 5.01 Å². The van der Waals surface area contributed by atoms with Crippen molar-refractivity contribution in [2.45, 2.75) is 19.4 Å². The maximum absolute atomic E-state index is 12.9. The number of ether oxygens (including phenoxy) is 1. The van der Waals surface area contributed by atoms with Crippen molar-refractivity contribution in [2.24, 2.45) is 28.8 Å². The highest BCUT2D eigenvalue weighted by Crippen LogP contribution is 2.49. The quantitative estimate of drug-likeness (QED) is 0.370. The zero-order valence-electron chi connectivity index (χ0n) is 16.3. The van der Waals surface area contributed by atoms with Crippen molar-refractivity contribution in [3.05, 3.63) is 76.3 Å². The van der Waals surface area contributed by atoms with Gasteiger partial charge in [0, 0.05) is 10.0 Å². The summed E-state index contributed by atoms with van der Waals surface area (Å²) in [7, 11) is 0. The van der Waals surface area contributed by atoms with Crippen molar-refractivity contribution in [3.8, 4) is 5.75 Å². The number of carbonyl (C=O) groups is 2. The molecule has 6 heteroatoms. The Hall–Kier alpha value is -2.73. The molecule has 0 unspecified atom stereocenters. The van der Waals surface area contributed by atoms with E-state index in [2.05, 4.69) is 33.2 Å². The van der Waals surface area contributed by atoms with Crippen LogP contribution in [0.25, 0.3) is 0 Å². The maximum Gasteiger partial charge on any atom is 0.254 e. The zero-order chi connectivity index (χ0) is 20.7. The summed E-state index contributed by atoms with van der Waals surface area (Å²) in [6.45, 7) is 0.416. The number of benzene rings is 2. The van der Waals surface area contributed by atoms with Crippen LogP contribution in [-0.2, 0) is 16.2 Å². The Bertz CT molecular complexity index is 1010. The van der Waals surface area contributed by atoms with Crippen molar-refractivity contribution in [2.75, 3.05) is 0 Å². The van der Waals surface area contributed by atoms with Crippen LogP contribution in [0.3, 0.4) is 0 Å². The van der Waals surface area contributed by atoms with Gasteiger partial charge in [-0.1, -0.05) is 52.3 Å². The maximum atomic E-state index is 12.9. The fourth-order valence-corrected chi connectivity index (χ4v) is 5.02. The molecule has 1 saturated carbocycles. The SMILES string of the molecule is O=C1[C@@H]2[C@H](C(=O)N1/N=C\c1ccccc1OCc1ccc(Br)cc1)[C@H]1C=C[C@H]2CC1. The first kappa shape index (κ1) is 19.2. The van der Waals surface area contributed by atoms with Gasteiger partial charge in [-0.05, 0) is 54.5 Å². The fraction of sp³-hybridized carbons (Fsp3) is 0.292. The summed E-state index contributed by atoms with van der Waals surface area (Å²) in [6, 6.07) is 15.4. The lowest BCUT2D eigenvalue weighted by atomic mass is 9.63. The minimum absolute atomic E-state index is 0.165. The number of hydrogen-bond acceptors (Lipinski definition) is 4. The monoisotopic (exact) mass is 464 g/mol. The molecule has 2 aromatic rings. The highest BCUT2D eigenvalue weighted by atomic mass is 79.9. The van der Waals surface area contributed by atoms with Crippen LogP contribution < -0.4 is 4.74 Å².